The van der Waals surface area contributed by atoms with Crippen molar-refractivity contribution in [3.05, 3.63) is 68.7 Å². The van der Waals surface area contributed by atoms with E-state index in [-0.39, 0.29) is 24.0 Å². The maximum Gasteiger partial charge on any atom is 0.269 e. The summed E-state index contributed by atoms with van der Waals surface area (Å²) in [6.07, 6.45) is 0.429. The smallest absolute Gasteiger partial charge is 0.269 e. The summed E-state index contributed by atoms with van der Waals surface area (Å²) in [4.78, 5) is 39.0. The number of carbonyl (C=O) groups is 2. The number of non-ortho nitro benzene ring substituents is 1. The Morgan fingerprint density at radius 3 is 2.61 bits per heavy atom. The van der Waals surface area contributed by atoms with Gasteiger partial charge >= 0.3 is 0 Å². The Morgan fingerprint density at radius 2 is 1.96 bits per heavy atom. The van der Waals surface area contributed by atoms with Gasteiger partial charge in [-0.25, -0.2) is 0 Å². The molecule has 2 amide bonds. The number of carbonyl (C=O) groups excluding carboxylic acids is 2. The molecule has 1 unspecified atom stereocenters. The minimum absolute atomic E-state index is 0.0909. The van der Waals surface area contributed by atoms with Crippen molar-refractivity contribution in [1.29, 1.82) is 0 Å². The maximum absolute atomic E-state index is 12.8. The Morgan fingerprint density at radius 1 is 1.29 bits per heavy atom. The largest absolute Gasteiger partial charge is 0.341 e. The van der Waals surface area contributed by atoms with Gasteiger partial charge in [-0.1, -0.05) is 29.3 Å². The van der Waals surface area contributed by atoms with E-state index >= 15 is 0 Å². The van der Waals surface area contributed by atoms with Crippen LogP contribution < -0.4 is 4.90 Å². The predicted octanol–water partition coefficient (Wildman–Crippen LogP) is 3.57. The highest BCUT2D eigenvalue weighted by Gasteiger charge is 2.39. The fourth-order valence-corrected chi connectivity index (χ4v) is 3.46. The number of halogens is 1. The summed E-state index contributed by atoms with van der Waals surface area (Å²) in [5.74, 6) is -1.31. The first-order chi connectivity index (χ1) is 13.3. The summed E-state index contributed by atoms with van der Waals surface area (Å²) in [6.45, 7) is 2.54. The van der Waals surface area contributed by atoms with Gasteiger partial charge in [0.05, 0.1) is 4.92 Å². The molecular formula is C20H20ClN3O4. The number of aryl methyl sites for hydroxylation is 1. The quantitative estimate of drug-likeness (QED) is 0.435. The van der Waals surface area contributed by atoms with Gasteiger partial charge in [0, 0.05) is 43.0 Å². The second kappa shape index (κ2) is 7.98. The number of hydrogen-bond donors (Lipinski definition) is 0. The van der Waals surface area contributed by atoms with Gasteiger partial charge in [-0.05, 0) is 37.1 Å². The van der Waals surface area contributed by atoms with Crippen molar-refractivity contribution in [2.45, 2.75) is 19.9 Å². The molecule has 8 heteroatoms. The van der Waals surface area contributed by atoms with E-state index < -0.39 is 10.8 Å². The van der Waals surface area contributed by atoms with Crippen molar-refractivity contribution in [2.75, 3.05) is 18.5 Å². The molecule has 1 atom stereocenters. The lowest BCUT2D eigenvalue weighted by Gasteiger charge is -2.22. The standard InChI is InChI=1S/C20H20ClN3O4/c1-13-3-5-15(6-4-13)23-10-9-17(20(23)26)19(25)22(2)12-14-11-16(24(27)28)7-8-18(14)21/h3-8,11,17H,9-10,12H2,1-2H3. The summed E-state index contributed by atoms with van der Waals surface area (Å²) < 4.78 is 0. The van der Waals surface area contributed by atoms with Gasteiger partial charge < -0.3 is 9.80 Å². The van der Waals surface area contributed by atoms with Crippen LogP contribution in [0.4, 0.5) is 11.4 Å². The van der Waals surface area contributed by atoms with E-state index in [4.69, 9.17) is 11.6 Å². The van der Waals surface area contributed by atoms with Crippen molar-refractivity contribution in [2.24, 2.45) is 5.92 Å². The molecule has 0 spiro atoms. The first kappa shape index (κ1) is 19.8. The van der Waals surface area contributed by atoms with E-state index in [2.05, 4.69) is 0 Å². The van der Waals surface area contributed by atoms with E-state index in [0.29, 0.717) is 23.6 Å². The van der Waals surface area contributed by atoms with Crippen LogP contribution in [-0.2, 0) is 16.1 Å². The normalized spacial score (nSPS) is 16.3. The second-order valence-electron chi connectivity index (χ2n) is 6.89. The van der Waals surface area contributed by atoms with E-state index in [0.717, 1.165) is 11.3 Å². The molecule has 2 aromatic rings. The molecule has 1 aliphatic rings. The van der Waals surface area contributed by atoms with Crippen LogP contribution in [0.2, 0.25) is 5.02 Å². The third kappa shape index (κ3) is 3.99. The highest BCUT2D eigenvalue weighted by molar-refractivity contribution is 6.31. The molecular weight excluding hydrogens is 382 g/mol. The topological polar surface area (TPSA) is 83.8 Å². The van der Waals surface area contributed by atoms with E-state index in [1.165, 1.54) is 23.1 Å². The zero-order valence-corrected chi connectivity index (χ0v) is 16.3. The van der Waals surface area contributed by atoms with E-state index in [9.17, 15) is 19.7 Å². The minimum Gasteiger partial charge on any atom is -0.341 e. The molecule has 7 nitrogen and oxygen atoms in total. The van der Waals surface area contributed by atoms with E-state index in [1.54, 1.807) is 11.9 Å². The maximum atomic E-state index is 12.8. The average Bonchev–Trinajstić information content (AvgIpc) is 3.04. The number of benzene rings is 2. The van der Waals surface area contributed by atoms with E-state index in [1.807, 2.05) is 31.2 Å². The third-order valence-corrected chi connectivity index (χ3v) is 5.24. The molecule has 2 aromatic carbocycles. The molecule has 0 aromatic heterocycles. The summed E-state index contributed by atoms with van der Waals surface area (Å²) in [7, 11) is 1.57. The fourth-order valence-electron chi connectivity index (χ4n) is 3.29. The summed E-state index contributed by atoms with van der Waals surface area (Å²) in [5, 5.41) is 11.3. The van der Waals surface area contributed by atoms with Gasteiger partial charge in [0.2, 0.25) is 11.8 Å². The molecule has 28 heavy (non-hydrogen) atoms. The van der Waals surface area contributed by atoms with Crippen LogP contribution in [0.3, 0.4) is 0 Å². The Bertz CT molecular complexity index is 930. The Hall–Kier alpha value is -2.93. The van der Waals surface area contributed by atoms with Crippen LogP contribution in [0, 0.1) is 23.0 Å². The first-order valence-corrected chi connectivity index (χ1v) is 9.21. The highest BCUT2D eigenvalue weighted by atomic mass is 35.5. The van der Waals surface area contributed by atoms with Gasteiger partial charge in [-0.15, -0.1) is 0 Å². The SMILES string of the molecule is Cc1ccc(N2CCC(C(=O)N(C)Cc3cc([N+](=O)[O-])ccc3Cl)C2=O)cc1. The van der Waals surface area contributed by atoms with Crippen molar-refractivity contribution < 1.29 is 14.5 Å². The molecule has 0 radical (unpaired) electrons. The molecule has 0 N–H and O–H groups in total. The number of nitrogens with zero attached hydrogens (tertiary/aromatic N) is 3. The molecule has 3 rings (SSSR count). The zero-order chi connectivity index (χ0) is 20.4. The molecule has 0 aliphatic carbocycles. The van der Waals surface area contributed by atoms with Gasteiger partial charge in [0.25, 0.3) is 5.69 Å². The third-order valence-electron chi connectivity index (χ3n) is 4.87. The lowest BCUT2D eigenvalue weighted by molar-refractivity contribution is -0.384. The van der Waals surface area contributed by atoms with Crippen LogP contribution >= 0.6 is 11.6 Å². The predicted molar refractivity (Wildman–Crippen MR) is 106 cm³/mol. The van der Waals surface area contributed by atoms with Gasteiger partial charge in [-0.2, -0.15) is 0 Å². The molecule has 1 heterocycles. The molecule has 146 valence electrons. The number of nitro benzene ring substituents is 1. The Balaban J connectivity index is 1.72. The zero-order valence-electron chi connectivity index (χ0n) is 15.6. The molecule has 0 bridgehead atoms. The molecule has 1 saturated heterocycles. The lowest BCUT2D eigenvalue weighted by atomic mass is 10.1. The van der Waals surface area contributed by atoms with Gasteiger partial charge in [0.15, 0.2) is 0 Å². The number of hydrogen-bond acceptors (Lipinski definition) is 4. The average molecular weight is 402 g/mol. The number of nitro groups is 1. The summed E-state index contributed by atoms with van der Waals surface area (Å²) in [6, 6.07) is 11.7. The Kier molecular flexibility index (Phi) is 5.65. The van der Waals surface area contributed by atoms with Crippen molar-refractivity contribution in [3.8, 4) is 0 Å². The molecule has 1 fully saturated rings. The van der Waals surface area contributed by atoms with Gasteiger partial charge in [0.1, 0.15) is 5.92 Å². The van der Waals surface area contributed by atoms with Crippen LogP contribution in [0.5, 0.6) is 0 Å². The summed E-state index contributed by atoms with van der Waals surface area (Å²) in [5.41, 5.74) is 2.24. The highest BCUT2D eigenvalue weighted by Crippen LogP contribution is 2.28. The number of rotatable bonds is 5. The van der Waals surface area contributed by atoms with Gasteiger partial charge in [-0.3, -0.25) is 19.7 Å². The minimum atomic E-state index is -0.760. The molecule has 0 saturated carbocycles. The lowest BCUT2D eigenvalue weighted by Crippen LogP contribution is -2.37. The molecule has 1 aliphatic heterocycles. The number of anilines is 1. The van der Waals surface area contributed by atoms with Crippen LogP contribution in [0.15, 0.2) is 42.5 Å². The van der Waals surface area contributed by atoms with Crippen LogP contribution in [-0.4, -0.2) is 35.2 Å². The van der Waals surface area contributed by atoms with Crippen LogP contribution in [0.25, 0.3) is 0 Å². The fraction of sp³-hybridized carbons (Fsp3) is 0.300. The Labute approximate surface area is 167 Å². The second-order valence-corrected chi connectivity index (χ2v) is 7.30. The summed E-state index contributed by atoms with van der Waals surface area (Å²) >= 11 is 6.12. The van der Waals surface area contributed by atoms with Crippen molar-refractivity contribution in [3.63, 3.8) is 0 Å². The first-order valence-electron chi connectivity index (χ1n) is 8.84. The number of amides is 2. The van der Waals surface area contributed by atoms with Crippen molar-refractivity contribution in [1.82, 2.24) is 4.90 Å². The van der Waals surface area contributed by atoms with Crippen LogP contribution in [0.1, 0.15) is 17.5 Å². The van der Waals surface area contributed by atoms with Crippen molar-refractivity contribution >= 4 is 34.8 Å². The monoisotopic (exact) mass is 401 g/mol.